The Bertz CT molecular complexity index is 329. The molecule has 0 fully saturated rings. The summed E-state index contributed by atoms with van der Waals surface area (Å²) in [6.07, 6.45) is 1.04. The highest BCUT2D eigenvalue weighted by Gasteiger charge is 2.17. The van der Waals surface area contributed by atoms with E-state index in [1.165, 1.54) is 11.1 Å². The zero-order chi connectivity index (χ0) is 13.5. The van der Waals surface area contributed by atoms with E-state index in [1.807, 2.05) is 13.8 Å². The van der Waals surface area contributed by atoms with E-state index < -0.39 is 6.10 Å². The van der Waals surface area contributed by atoms with Crippen LogP contribution in [0.2, 0.25) is 0 Å². The van der Waals surface area contributed by atoms with E-state index >= 15 is 0 Å². The Balaban J connectivity index is 2.60. The fraction of sp³-hybridized carbons (Fsp3) is 0.625. The Labute approximate surface area is 111 Å². The van der Waals surface area contributed by atoms with Crippen molar-refractivity contribution in [3.8, 4) is 0 Å². The maximum atomic E-state index is 10.1. The Morgan fingerprint density at radius 3 is 2.17 bits per heavy atom. The number of aliphatic hydroxyl groups is 1. The molecule has 2 unspecified atom stereocenters. The van der Waals surface area contributed by atoms with Crippen LogP contribution < -0.4 is 0 Å². The number of ether oxygens (including phenoxy) is 1. The summed E-state index contributed by atoms with van der Waals surface area (Å²) in [5.74, 6) is 0.552. The topological polar surface area (TPSA) is 29.5 Å². The van der Waals surface area contributed by atoms with Crippen LogP contribution in [0.5, 0.6) is 0 Å². The van der Waals surface area contributed by atoms with E-state index in [4.69, 9.17) is 4.74 Å². The molecule has 1 aromatic rings. The minimum atomic E-state index is -0.417. The molecule has 0 bridgehead atoms. The summed E-state index contributed by atoms with van der Waals surface area (Å²) in [7, 11) is 0. The Morgan fingerprint density at radius 2 is 1.72 bits per heavy atom. The van der Waals surface area contributed by atoms with E-state index in [9.17, 15) is 5.11 Å². The summed E-state index contributed by atoms with van der Waals surface area (Å²) in [4.78, 5) is 0. The van der Waals surface area contributed by atoms with Crippen LogP contribution in [0.15, 0.2) is 24.3 Å². The van der Waals surface area contributed by atoms with Crippen molar-refractivity contribution in [1.29, 1.82) is 0 Å². The lowest BCUT2D eigenvalue weighted by Gasteiger charge is -2.21. The molecule has 1 aromatic carbocycles. The van der Waals surface area contributed by atoms with Gasteiger partial charge in [-0.15, -0.1) is 0 Å². The summed E-state index contributed by atoms with van der Waals surface area (Å²) >= 11 is 0. The summed E-state index contributed by atoms with van der Waals surface area (Å²) < 4.78 is 5.54. The van der Waals surface area contributed by atoms with Gasteiger partial charge in [0.05, 0.1) is 12.2 Å². The standard InChI is InChI=1S/C16H26O2/c1-5-16(18-6-2)15(17)11-13-7-9-14(10-8-13)12(3)4/h7-10,12,15-17H,5-6,11H2,1-4H3. The zero-order valence-electron chi connectivity index (χ0n) is 12.0. The molecule has 2 nitrogen and oxygen atoms in total. The lowest BCUT2D eigenvalue weighted by molar-refractivity contribution is -0.0334. The van der Waals surface area contributed by atoms with Crippen LogP contribution in [-0.4, -0.2) is 23.9 Å². The molecule has 2 atom stereocenters. The van der Waals surface area contributed by atoms with Crippen LogP contribution in [0.25, 0.3) is 0 Å². The largest absolute Gasteiger partial charge is 0.390 e. The molecular weight excluding hydrogens is 224 g/mol. The number of hydrogen-bond acceptors (Lipinski definition) is 2. The van der Waals surface area contributed by atoms with Crippen LogP contribution in [-0.2, 0) is 11.2 Å². The summed E-state index contributed by atoms with van der Waals surface area (Å²) in [5.41, 5.74) is 2.51. The van der Waals surface area contributed by atoms with Gasteiger partial charge in [0.15, 0.2) is 0 Å². The normalized spacial score (nSPS) is 14.8. The first-order valence-electron chi connectivity index (χ1n) is 6.96. The van der Waals surface area contributed by atoms with Gasteiger partial charge in [-0.1, -0.05) is 45.0 Å². The molecule has 0 saturated carbocycles. The predicted molar refractivity (Wildman–Crippen MR) is 75.9 cm³/mol. The molecule has 0 saturated heterocycles. The summed E-state index contributed by atoms with van der Waals surface area (Å²) in [6, 6.07) is 8.51. The maximum Gasteiger partial charge on any atom is 0.0841 e. The van der Waals surface area contributed by atoms with E-state index in [0.29, 0.717) is 18.9 Å². The van der Waals surface area contributed by atoms with Gasteiger partial charge in [-0.05, 0) is 30.4 Å². The highest BCUT2D eigenvalue weighted by Crippen LogP contribution is 2.17. The average molecular weight is 250 g/mol. The molecule has 0 amide bonds. The highest BCUT2D eigenvalue weighted by molar-refractivity contribution is 5.25. The molecular formula is C16H26O2. The molecule has 0 aliphatic heterocycles. The molecule has 0 aliphatic carbocycles. The Morgan fingerprint density at radius 1 is 1.11 bits per heavy atom. The van der Waals surface area contributed by atoms with Gasteiger partial charge >= 0.3 is 0 Å². The van der Waals surface area contributed by atoms with Crippen molar-refractivity contribution in [3.05, 3.63) is 35.4 Å². The second-order valence-electron chi connectivity index (χ2n) is 5.07. The first-order chi connectivity index (χ1) is 8.58. The first kappa shape index (κ1) is 15.2. The number of aliphatic hydroxyl groups excluding tert-OH is 1. The fourth-order valence-electron chi connectivity index (χ4n) is 2.13. The highest BCUT2D eigenvalue weighted by atomic mass is 16.5. The summed E-state index contributed by atoms with van der Waals surface area (Å²) in [6.45, 7) is 9.04. The molecule has 1 rings (SSSR count). The van der Waals surface area contributed by atoms with Crippen molar-refractivity contribution in [1.82, 2.24) is 0 Å². The minimum absolute atomic E-state index is 0.0558. The van der Waals surface area contributed by atoms with Crippen LogP contribution >= 0.6 is 0 Å². The Kier molecular flexibility index (Phi) is 6.37. The molecule has 18 heavy (non-hydrogen) atoms. The van der Waals surface area contributed by atoms with Gasteiger partial charge in [-0.3, -0.25) is 0 Å². The summed E-state index contributed by atoms with van der Waals surface area (Å²) in [5, 5.41) is 10.1. The third-order valence-electron chi connectivity index (χ3n) is 3.30. The molecule has 1 N–H and O–H groups in total. The monoisotopic (exact) mass is 250 g/mol. The van der Waals surface area contributed by atoms with Gasteiger partial charge in [0.25, 0.3) is 0 Å². The quantitative estimate of drug-likeness (QED) is 0.802. The van der Waals surface area contributed by atoms with Gasteiger partial charge < -0.3 is 9.84 Å². The number of rotatable bonds is 7. The van der Waals surface area contributed by atoms with E-state index in [1.54, 1.807) is 0 Å². The molecule has 0 spiro atoms. The molecule has 0 aromatic heterocycles. The Hall–Kier alpha value is -0.860. The van der Waals surface area contributed by atoms with Gasteiger partial charge in [0, 0.05) is 13.0 Å². The molecule has 102 valence electrons. The van der Waals surface area contributed by atoms with Crippen molar-refractivity contribution in [2.24, 2.45) is 0 Å². The molecule has 0 radical (unpaired) electrons. The smallest absolute Gasteiger partial charge is 0.0841 e. The van der Waals surface area contributed by atoms with Crippen molar-refractivity contribution < 1.29 is 9.84 Å². The second-order valence-corrected chi connectivity index (χ2v) is 5.07. The number of benzene rings is 1. The van der Waals surface area contributed by atoms with Crippen LogP contribution in [0.1, 0.15) is 51.2 Å². The molecule has 0 aliphatic rings. The van der Waals surface area contributed by atoms with Crippen molar-refractivity contribution in [3.63, 3.8) is 0 Å². The predicted octanol–water partition coefficient (Wildman–Crippen LogP) is 3.53. The van der Waals surface area contributed by atoms with Crippen LogP contribution in [0.4, 0.5) is 0 Å². The van der Waals surface area contributed by atoms with Gasteiger partial charge in [0.1, 0.15) is 0 Å². The number of hydrogen-bond donors (Lipinski definition) is 1. The molecule has 0 heterocycles. The third-order valence-corrected chi connectivity index (χ3v) is 3.30. The average Bonchev–Trinajstić information content (AvgIpc) is 2.36. The second kappa shape index (κ2) is 7.55. The van der Waals surface area contributed by atoms with Crippen molar-refractivity contribution >= 4 is 0 Å². The maximum absolute atomic E-state index is 10.1. The lowest BCUT2D eigenvalue weighted by atomic mass is 9.98. The van der Waals surface area contributed by atoms with Crippen LogP contribution in [0, 0.1) is 0 Å². The van der Waals surface area contributed by atoms with E-state index in [0.717, 1.165) is 6.42 Å². The zero-order valence-corrected chi connectivity index (χ0v) is 12.0. The van der Waals surface area contributed by atoms with E-state index in [-0.39, 0.29) is 6.10 Å². The minimum Gasteiger partial charge on any atom is -0.390 e. The fourth-order valence-corrected chi connectivity index (χ4v) is 2.13. The lowest BCUT2D eigenvalue weighted by Crippen LogP contribution is -2.30. The SMILES string of the molecule is CCOC(CC)C(O)Cc1ccc(C(C)C)cc1. The van der Waals surface area contributed by atoms with Gasteiger partial charge in [-0.2, -0.15) is 0 Å². The van der Waals surface area contributed by atoms with Crippen molar-refractivity contribution in [2.75, 3.05) is 6.61 Å². The van der Waals surface area contributed by atoms with Gasteiger partial charge in [0.2, 0.25) is 0 Å². The third kappa shape index (κ3) is 4.43. The van der Waals surface area contributed by atoms with Crippen molar-refractivity contribution in [2.45, 2.75) is 58.7 Å². The van der Waals surface area contributed by atoms with Crippen LogP contribution in [0.3, 0.4) is 0 Å². The van der Waals surface area contributed by atoms with E-state index in [2.05, 4.69) is 38.1 Å². The molecule has 2 heteroatoms. The first-order valence-corrected chi connectivity index (χ1v) is 6.96. The van der Waals surface area contributed by atoms with Gasteiger partial charge in [-0.25, -0.2) is 0 Å².